The minimum Gasteiger partial charge on any atom is -0.398 e. The number of hydrogen-bond donors (Lipinski definition) is 1. The highest BCUT2D eigenvalue weighted by atomic mass is 14.6. The molecule has 2 aromatic carbocycles. The van der Waals surface area contributed by atoms with Gasteiger partial charge < -0.3 is 5.73 Å². The van der Waals surface area contributed by atoms with E-state index in [0.717, 1.165) is 12.1 Å². The fraction of sp³-hybridized carbons (Fsp3) is 0.294. The lowest BCUT2D eigenvalue weighted by Gasteiger charge is -2.04. The van der Waals surface area contributed by atoms with Crippen molar-refractivity contribution in [3.8, 4) is 0 Å². The van der Waals surface area contributed by atoms with Crippen molar-refractivity contribution in [2.24, 2.45) is 0 Å². The summed E-state index contributed by atoms with van der Waals surface area (Å²) in [5.74, 6) is 0. The van der Waals surface area contributed by atoms with Gasteiger partial charge in [-0.15, -0.1) is 0 Å². The van der Waals surface area contributed by atoms with E-state index in [1.54, 1.807) is 0 Å². The van der Waals surface area contributed by atoms with Gasteiger partial charge in [0.25, 0.3) is 0 Å². The first-order valence-corrected chi connectivity index (χ1v) is 6.73. The Labute approximate surface area is 112 Å². The van der Waals surface area contributed by atoms with Gasteiger partial charge in [0.15, 0.2) is 0 Å². The molecule has 0 radical (unpaired) electrons. The van der Waals surface area contributed by atoms with Gasteiger partial charge >= 0.3 is 0 Å². The maximum Gasteiger partial charge on any atom is 0.0349 e. The number of para-hydroxylation sites is 1. The predicted octanol–water partition coefficient (Wildman–Crippen LogP) is 4.91. The monoisotopic (exact) mass is 243 g/mol. The molecule has 1 heteroatoms. The van der Waals surface area contributed by atoms with Crippen LogP contribution in [0.3, 0.4) is 0 Å². The molecule has 0 spiro atoms. The summed E-state index contributed by atoms with van der Waals surface area (Å²) in [4.78, 5) is 0. The van der Waals surface area contributed by atoms with Gasteiger partial charge in [-0.3, -0.25) is 0 Å². The second kappa shape index (κ2) is 10.4. The summed E-state index contributed by atoms with van der Waals surface area (Å²) >= 11 is 0. The Morgan fingerprint density at radius 2 is 1.22 bits per heavy atom. The van der Waals surface area contributed by atoms with Gasteiger partial charge in [-0.05, 0) is 23.6 Å². The first-order valence-electron chi connectivity index (χ1n) is 6.73. The minimum absolute atomic E-state index is 0.872. The van der Waals surface area contributed by atoms with Crippen LogP contribution in [0, 0.1) is 0 Å². The van der Waals surface area contributed by atoms with Crippen molar-refractivity contribution in [2.45, 2.75) is 34.1 Å². The number of nitrogen functional groups attached to an aromatic ring is 1. The maximum atomic E-state index is 5.87. The summed E-state index contributed by atoms with van der Waals surface area (Å²) < 4.78 is 0. The van der Waals surface area contributed by atoms with Crippen molar-refractivity contribution < 1.29 is 0 Å². The molecule has 0 aliphatic heterocycles. The zero-order valence-corrected chi connectivity index (χ0v) is 12.0. The quantitative estimate of drug-likeness (QED) is 0.745. The summed E-state index contributed by atoms with van der Waals surface area (Å²) in [6.07, 6.45) is 0.910. The summed E-state index contributed by atoms with van der Waals surface area (Å²) in [6.45, 7) is 8.00. The third-order valence-electron chi connectivity index (χ3n) is 2.29. The van der Waals surface area contributed by atoms with Crippen LogP contribution in [0.1, 0.15) is 38.8 Å². The normalized spacial score (nSPS) is 8.44. The highest BCUT2D eigenvalue weighted by Gasteiger charge is 1.98. The second-order valence-electron chi connectivity index (χ2n) is 3.36. The lowest BCUT2D eigenvalue weighted by atomic mass is 10.0. The molecular weight excluding hydrogens is 218 g/mol. The van der Waals surface area contributed by atoms with Crippen LogP contribution >= 0.6 is 0 Å². The summed E-state index contributed by atoms with van der Waals surface area (Å²) in [5, 5.41) is 0. The van der Waals surface area contributed by atoms with Gasteiger partial charge in [-0.25, -0.2) is 0 Å². The minimum atomic E-state index is 0.872. The van der Waals surface area contributed by atoms with Crippen LogP contribution in [0.4, 0.5) is 5.69 Å². The Hall–Kier alpha value is -1.76. The Balaban J connectivity index is 0.000000659. The number of benzene rings is 2. The van der Waals surface area contributed by atoms with Gasteiger partial charge in [0.2, 0.25) is 0 Å². The van der Waals surface area contributed by atoms with Gasteiger partial charge in [-0.1, -0.05) is 76.2 Å². The molecule has 0 unspecified atom stereocenters. The summed E-state index contributed by atoms with van der Waals surface area (Å²) in [5.41, 5.74) is 9.23. The topological polar surface area (TPSA) is 26.0 Å². The highest BCUT2D eigenvalue weighted by Crippen LogP contribution is 2.15. The Morgan fingerprint density at radius 1 is 0.722 bits per heavy atom. The molecule has 0 saturated carbocycles. The van der Waals surface area contributed by atoms with Crippen LogP contribution in [-0.4, -0.2) is 0 Å². The summed E-state index contributed by atoms with van der Waals surface area (Å²) in [6, 6.07) is 18.4. The lowest BCUT2D eigenvalue weighted by molar-refractivity contribution is 1.20. The molecule has 0 bridgehead atoms. The number of nitrogens with two attached hydrogens (primary N) is 1. The Morgan fingerprint density at radius 3 is 1.78 bits per heavy atom. The molecule has 0 aliphatic rings. The van der Waals surface area contributed by atoms with Crippen molar-refractivity contribution in [2.75, 3.05) is 5.73 Å². The van der Waals surface area contributed by atoms with E-state index in [-0.39, 0.29) is 0 Å². The van der Waals surface area contributed by atoms with E-state index in [2.05, 4.69) is 30.3 Å². The number of hydrogen-bond acceptors (Lipinski definition) is 1. The third kappa shape index (κ3) is 5.53. The number of rotatable bonds is 2. The van der Waals surface area contributed by atoms with Crippen molar-refractivity contribution >= 4 is 5.69 Å². The van der Waals surface area contributed by atoms with Crippen molar-refractivity contribution in [3.63, 3.8) is 0 Å². The molecule has 2 N–H and O–H groups in total. The average molecular weight is 243 g/mol. The van der Waals surface area contributed by atoms with E-state index in [9.17, 15) is 0 Å². The van der Waals surface area contributed by atoms with E-state index in [4.69, 9.17) is 5.73 Å². The van der Waals surface area contributed by atoms with E-state index < -0.39 is 0 Å². The lowest BCUT2D eigenvalue weighted by Crippen LogP contribution is -1.94. The molecular formula is C17H25N. The predicted molar refractivity (Wildman–Crippen MR) is 82.8 cm³/mol. The van der Waals surface area contributed by atoms with Gasteiger partial charge in [0, 0.05) is 5.69 Å². The van der Waals surface area contributed by atoms with Crippen molar-refractivity contribution in [1.82, 2.24) is 0 Å². The van der Waals surface area contributed by atoms with Gasteiger partial charge in [0.1, 0.15) is 0 Å². The SMILES string of the molecule is CC.CC.Nc1ccccc1Cc1ccccc1. The molecule has 0 atom stereocenters. The molecule has 0 aromatic heterocycles. The van der Waals surface area contributed by atoms with Gasteiger partial charge in [-0.2, -0.15) is 0 Å². The highest BCUT2D eigenvalue weighted by molar-refractivity contribution is 5.48. The van der Waals surface area contributed by atoms with Gasteiger partial charge in [0.05, 0.1) is 0 Å². The average Bonchev–Trinajstić information content (AvgIpc) is 2.47. The smallest absolute Gasteiger partial charge is 0.0349 e. The van der Waals surface area contributed by atoms with E-state index >= 15 is 0 Å². The molecule has 0 saturated heterocycles. The Kier molecular flexibility index (Phi) is 9.38. The van der Waals surface area contributed by atoms with E-state index in [0.29, 0.717) is 0 Å². The molecule has 0 amide bonds. The largest absolute Gasteiger partial charge is 0.398 e. The van der Waals surface area contributed by atoms with Crippen LogP contribution in [0.2, 0.25) is 0 Å². The third-order valence-corrected chi connectivity index (χ3v) is 2.29. The van der Waals surface area contributed by atoms with Crippen LogP contribution < -0.4 is 5.73 Å². The van der Waals surface area contributed by atoms with Crippen molar-refractivity contribution in [3.05, 3.63) is 65.7 Å². The van der Waals surface area contributed by atoms with Crippen LogP contribution in [-0.2, 0) is 6.42 Å². The second-order valence-corrected chi connectivity index (χ2v) is 3.36. The molecule has 0 heterocycles. The maximum absolute atomic E-state index is 5.87. The summed E-state index contributed by atoms with van der Waals surface area (Å²) in [7, 11) is 0. The van der Waals surface area contributed by atoms with Crippen LogP contribution in [0.25, 0.3) is 0 Å². The molecule has 2 rings (SSSR count). The van der Waals surface area contributed by atoms with E-state index in [1.165, 1.54) is 11.1 Å². The fourth-order valence-electron chi connectivity index (χ4n) is 1.51. The molecule has 1 nitrogen and oxygen atoms in total. The first-order chi connectivity index (χ1) is 8.86. The van der Waals surface area contributed by atoms with Crippen LogP contribution in [0.15, 0.2) is 54.6 Å². The van der Waals surface area contributed by atoms with Crippen LogP contribution in [0.5, 0.6) is 0 Å². The molecule has 18 heavy (non-hydrogen) atoms. The molecule has 2 aromatic rings. The molecule has 0 aliphatic carbocycles. The standard InChI is InChI=1S/C13H13N.2C2H6/c14-13-9-5-4-8-12(13)10-11-6-2-1-3-7-11;2*1-2/h1-9H,10,14H2;2*1-2H3. The Bertz CT molecular complexity index is 407. The number of anilines is 1. The van der Waals surface area contributed by atoms with Crippen molar-refractivity contribution in [1.29, 1.82) is 0 Å². The molecule has 98 valence electrons. The zero-order valence-electron chi connectivity index (χ0n) is 12.0. The zero-order chi connectivity index (χ0) is 13.8. The first kappa shape index (κ1) is 16.2. The molecule has 0 fully saturated rings. The fourth-order valence-corrected chi connectivity index (χ4v) is 1.51. The van der Waals surface area contributed by atoms with E-state index in [1.807, 2.05) is 52.0 Å².